The van der Waals surface area contributed by atoms with Crippen LogP contribution in [-0.2, 0) is 14.3 Å². The summed E-state index contributed by atoms with van der Waals surface area (Å²) in [5.74, 6) is -2.13. The minimum absolute atomic E-state index is 0.279. The smallest absolute Gasteiger partial charge is 0.344 e. The van der Waals surface area contributed by atoms with Crippen molar-refractivity contribution >= 4 is 17.9 Å². The first-order chi connectivity index (χ1) is 10.3. The monoisotopic (exact) mass is 312 g/mol. The maximum atomic E-state index is 12.7. The Hall–Kier alpha value is -2.64. The van der Waals surface area contributed by atoms with Gasteiger partial charge in [0.15, 0.2) is 12.7 Å². The van der Waals surface area contributed by atoms with Crippen LogP contribution in [0.15, 0.2) is 24.3 Å². The molecule has 1 aromatic rings. The van der Waals surface area contributed by atoms with Crippen LogP contribution in [0.5, 0.6) is 5.75 Å². The van der Waals surface area contributed by atoms with Crippen LogP contribution in [0.2, 0.25) is 0 Å². The van der Waals surface area contributed by atoms with E-state index in [9.17, 15) is 18.8 Å². The van der Waals surface area contributed by atoms with E-state index in [-0.39, 0.29) is 11.7 Å². The van der Waals surface area contributed by atoms with Gasteiger partial charge in [-0.2, -0.15) is 0 Å². The Kier molecular flexibility index (Phi) is 6.30. The Morgan fingerprint density at radius 3 is 2.32 bits per heavy atom. The fraction of sp³-hybridized carbons (Fsp3) is 0.357. The van der Waals surface area contributed by atoms with Gasteiger partial charge in [-0.1, -0.05) is 13.8 Å². The average molecular weight is 312 g/mol. The predicted molar refractivity (Wildman–Crippen MR) is 74.3 cm³/mol. The summed E-state index contributed by atoms with van der Waals surface area (Å²) in [6.45, 7) is 2.82. The second kappa shape index (κ2) is 7.96. The summed E-state index contributed by atoms with van der Waals surface area (Å²) in [6.07, 6.45) is -1.17. The number of hydrogen-bond donors (Lipinski definition) is 2. The number of esters is 1. The van der Waals surface area contributed by atoms with Crippen molar-refractivity contribution in [3.8, 4) is 5.75 Å². The molecule has 0 saturated carbocycles. The van der Waals surface area contributed by atoms with Crippen LogP contribution in [0.3, 0.4) is 0 Å². The van der Waals surface area contributed by atoms with E-state index in [1.807, 2.05) is 5.32 Å². The Morgan fingerprint density at radius 2 is 1.82 bits per heavy atom. The van der Waals surface area contributed by atoms with Crippen LogP contribution in [0, 0.1) is 11.7 Å². The molecule has 1 rings (SSSR count). The molecule has 0 aromatic heterocycles. The maximum absolute atomic E-state index is 12.7. The Labute approximate surface area is 126 Å². The molecule has 3 amide bonds. The highest BCUT2D eigenvalue weighted by Crippen LogP contribution is 2.12. The fourth-order valence-corrected chi connectivity index (χ4v) is 1.53. The first-order valence-electron chi connectivity index (χ1n) is 6.47. The van der Waals surface area contributed by atoms with Gasteiger partial charge in [-0.15, -0.1) is 0 Å². The van der Waals surface area contributed by atoms with Gasteiger partial charge in [-0.25, -0.2) is 14.0 Å². The fourth-order valence-electron chi connectivity index (χ4n) is 1.53. The van der Waals surface area contributed by atoms with Crippen molar-refractivity contribution < 1.29 is 28.2 Å². The summed E-state index contributed by atoms with van der Waals surface area (Å²) < 4.78 is 22.8. The minimum atomic E-state index is -1.17. The zero-order valence-electron chi connectivity index (χ0n) is 12.2. The second-order valence-corrected chi connectivity index (χ2v) is 4.75. The number of nitrogens with two attached hydrogens (primary N) is 1. The molecule has 0 bridgehead atoms. The number of carbonyl (C=O) groups is 3. The summed E-state index contributed by atoms with van der Waals surface area (Å²) in [5, 5.41) is 1.85. The zero-order valence-corrected chi connectivity index (χ0v) is 12.2. The molecule has 7 nitrogen and oxygen atoms in total. The number of nitrogens with one attached hydrogen (secondary N) is 1. The third-order valence-corrected chi connectivity index (χ3v) is 2.54. The maximum Gasteiger partial charge on any atom is 0.344 e. The lowest BCUT2D eigenvalue weighted by atomic mass is 10.1. The Bertz CT molecular complexity index is 545. The molecule has 3 N–H and O–H groups in total. The van der Waals surface area contributed by atoms with Gasteiger partial charge in [-0.3, -0.25) is 10.1 Å². The van der Waals surface area contributed by atoms with Crippen LogP contribution in [0.4, 0.5) is 9.18 Å². The lowest BCUT2D eigenvalue weighted by Crippen LogP contribution is -2.46. The normalized spacial score (nSPS) is 11.6. The van der Waals surface area contributed by atoms with Crippen molar-refractivity contribution in [2.45, 2.75) is 20.0 Å². The van der Waals surface area contributed by atoms with Gasteiger partial charge in [0.1, 0.15) is 11.6 Å². The standard InChI is InChI=1S/C14H17FN2O5/c1-8(2)12(13(19)17-14(16)20)22-11(18)7-21-10-5-3-9(15)4-6-10/h3-6,8,12H,7H2,1-2H3,(H3,16,17,19,20)/t12-/m0/s1. The molecule has 0 saturated heterocycles. The second-order valence-electron chi connectivity index (χ2n) is 4.75. The number of carbonyl (C=O) groups excluding carboxylic acids is 3. The van der Waals surface area contributed by atoms with Gasteiger partial charge in [0.25, 0.3) is 5.91 Å². The lowest BCUT2D eigenvalue weighted by molar-refractivity contribution is -0.160. The van der Waals surface area contributed by atoms with E-state index in [1.54, 1.807) is 13.8 Å². The van der Waals surface area contributed by atoms with Crippen molar-refractivity contribution in [1.82, 2.24) is 5.32 Å². The molecular formula is C14H17FN2O5. The van der Waals surface area contributed by atoms with E-state index < -0.39 is 36.4 Å². The SMILES string of the molecule is CC(C)[C@H](OC(=O)COc1ccc(F)cc1)C(=O)NC(N)=O. The first-order valence-corrected chi connectivity index (χ1v) is 6.47. The molecule has 0 aliphatic carbocycles. The van der Waals surface area contributed by atoms with Gasteiger partial charge in [0.05, 0.1) is 0 Å². The molecule has 0 radical (unpaired) electrons. The number of primary amides is 1. The van der Waals surface area contributed by atoms with Crippen LogP contribution in [0.1, 0.15) is 13.8 Å². The highest BCUT2D eigenvalue weighted by molar-refractivity contribution is 5.96. The number of halogens is 1. The minimum Gasteiger partial charge on any atom is -0.482 e. The average Bonchev–Trinajstić information content (AvgIpc) is 2.43. The third-order valence-electron chi connectivity index (χ3n) is 2.54. The topological polar surface area (TPSA) is 108 Å². The molecule has 0 spiro atoms. The van der Waals surface area contributed by atoms with Crippen LogP contribution in [0.25, 0.3) is 0 Å². The molecule has 1 atom stereocenters. The van der Waals surface area contributed by atoms with Gasteiger partial charge in [0, 0.05) is 0 Å². The molecule has 0 heterocycles. The molecule has 0 aliphatic rings. The number of benzene rings is 1. The van der Waals surface area contributed by atoms with E-state index >= 15 is 0 Å². The van der Waals surface area contributed by atoms with Crippen molar-refractivity contribution in [1.29, 1.82) is 0 Å². The highest BCUT2D eigenvalue weighted by atomic mass is 19.1. The van der Waals surface area contributed by atoms with Crippen LogP contribution in [-0.4, -0.2) is 30.6 Å². The van der Waals surface area contributed by atoms with Gasteiger partial charge in [0.2, 0.25) is 0 Å². The predicted octanol–water partition coefficient (Wildman–Crippen LogP) is 0.967. The van der Waals surface area contributed by atoms with E-state index in [4.69, 9.17) is 15.2 Å². The Balaban J connectivity index is 2.54. The Morgan fingerprint density at radius 1 is 1.23 bits per heavy atom. The zero-order chi connectivity index (χ0) is 16.7. The largest absolute Gasteiger partial charge is 0.482 e. The van der Waals surface area contributed by atoms with Crippen LogP contribution < -0.4 is 15.8 Å². The van der Waals surface area contributed by atoms with Crippen molar-refractivity contribution in [3.05, 3.63) is 30.1 Å². The van der Waals surface area contributed by atoms with Crippen molar-refractivity contribution in [2.75, 3.05) is 6.61 Å². The summed E-state index contributed by atoms with van der Waals surface area (Å²) in [6, 6.07) is 4.02. The molecular weight excluding hydrogens is 295 g/mol. The number of rotatable bonds is 6. The number of urea groups is 1. The van der Waals surface area contributed by atoms with Gasteiger partial charge in [-0.05, 0) is 30.2 Å². The first kappa shape index (κ1) is 17.4. The highest BCUT2D eigenvalue weighted by Gasteiger charge is 2.27. The molecule has 22 heavy (non-hydrogen) atoms. The van der Waals surface area contributed by atoms with E-state index in [2.05, 4.69) is 0 Å². The third kappa shape index (κ3) is 5.78. The molecule has 0 unspecified atom stereocenters. The number of amides is 3. The van der Waals surface area contributed by atoms with Gasteiger partial charge < -0.3 is 15.2 Å². The summed E-state index contributed by atoms with van der Waals surface area (Å²) in [4.78, 5) is 34.0. The molecule has 8 heteroatoms. The summed E-state index contributed by atoms with van der Waals surface area (Å²) in [7, 11) is 0. The summed E-state index contributed by atoms with van der Waals surface area (Å²) >= 11 is 0. The molecule has 120 valence electrons. The van der Waals surface area contributed by atoms with E-state index in [0.717, 1.165) is 0 Å². The van der Waals surface area contributed by atoms with E-state index in [0.29, 0.717) is 0 Å². The quantitative estimate of drug-likeness (QED) is 0.761. The lowest BCUT2D eigenvalue weighted by Gasteiger charge is -2.19. The summed E-state index contributed by atoms with van der Waals surface area (Å²) in [5.41, 5.74) is 4.84. The number of hydrogen-bond acceptors (Lipinski definition) is 5. The van der Waals surface area contributed by atoms with Crippen LogP contribution >= 0.6 is 0 Å². The molecule has 1 aromatic carbocycles. The number of ether oxygens (including phenoxy) is 2. The van der Waals surface area contributed by atoms with Gasteiger partial charge >= 0.3 is 12.0 Å². The molecule has 0 aliphatic heterocycles. The van der Waals surface area contributed by atoms with Crippen molar-refractivity contribution in [2.24, 2.45) is 11.7 Å². The van der Waals surface area contributed by atoms with E-state index in [1.165, 1.54) is 24.3 Å². The molecule has 0 fully saturated rings. The number of imide groups is 1. The van der Waals surface area contributed by atoms with Crippen molar-refractivity contribution in [3.63, 3.8) is 0 Å².